The van der Waals surface area contributed by atoms with Crippen LogP contribution in [0.4, 0.5) is 4.79 Å². The number of nitrogens with one attached hydrogen (secondary N) is 2. The van der Waals surface area contributed by atoms with Crippen molar-refractivity contribution in [3.05, 3.63) is 70.8 Å². The second-order valence-electron chi connectivity index (χ2n) is 5.91. The van der Waals surface area contributed by atoms with E-state index in [0.29, 0.717) is 13.0 Å². The Morgan fingerprint density at radius 2 is 2.04 bits per heavy atom. The quantitative estimate of drug-likeness (QED) is 0.667. The van der Waals surface area contributed by atoms with Crippen molar-refractivity contribution in [2.24, 2.45) is 0 Å². The number of fused-ring (bicyclic) bond motifs is 1. The zero-order valence-corrected chi connectivity index (χ0v) is 14.2. The molecule has 2 N–H and O–H groups in total. The highest BCUT2D eigenvalue weighted by Crippen LogP contribution is 2.17. The molecule has 0 bridgehead atoms. The molecule has 3 rings (SSSR count). The van der Waals surface area contributed by atoms with Crippen LogP contribution in [-0.4, -0.2) is 19.2 Å². The van der Waals surface area contributed by atoms with Gasteiger partial charge in [-0.25, -0.2) is 4.79 Å². The molecule has 1 heterocycles. The molecule has 2 aromatic carbocycles. The SMILES string of the molecule is O=C(NCCC#Cc1cccc2c1CCNC2)OCc1ccccc1. The van der Waals surface area contributed by atoms with E-state index in [2.05, 4.69) is 40.7 Å². The number of hydrogen-bond acceptors (Lipinski definition) is 3. The van der Waals surface area contributed by atoms with Crippen LogP contribution >= 0.6 is 0 Å². The highest BCUT2D eigenvalue weighted by Gasteiger charge is 2.10. The number of carbonyl (C=O) groups is 1. The normalized spacial score (nSPS) is 12.5. The molecule has 4 heteroatoms. The smallest absolute Gasteiger partial charge is 0.407 e. The van der Waals surface area contributed by atoms with Gasteiger partial charge in [0, 0.05) is 25.1 Å². The van der Waals surface area contributed by atoms with Crippen molar-refractivity contribution in [2.75, 3.05) is 13.1 Å². The molecule has 0 atom stereocenters. The van der Waals surface area contributed by atoms with E-state index in [-0.39, 0.29) is 6.61 Å². The fourth-order valence-corrected chi connectivity index (χ4v) is 2.81. The van der Waals surface area contributed by atoms with Crippen molar-refractivity contribution in [3.8, 4) is 11.8 Å². The van der Waals surface area contributed by atoms with Crippen molar-refractivity contribution >= 4 is 6.09 Å². The fraction of sp³-hybridized carbons (Fsp3) is 0.286. The van der Waals surface area contributed by atoms with E-state index < -0.39 is 6.09 Å². The maximum atomic E-state index is 11.7. The van der Waals surface area contributed by atoms with Gasteiger partial charge in [-0.05, 0) is 35.7 Å². The lowest BCUT2D eigenvalue weighted by atomic mass is 9.96. The summed E-state index contributed by atoms with van der Waals surface area (Å²) in [6.45, 7) is 2.68. The average Bonchev–Trinajstić information content (AvgIpc) is 2.67. The molecule has 1 aliphatic rings. The van der Waals surface area contributed by atoms with Gasteiger partial charge in [0.25, 0.3) is 0 Å². The van der Waals surface area contributed by atoms with Gasteiger partial charge in [-0.2, -0.15) is 0 Å². The van der Waals surface area contributed by atoms with Crippen LogP contribution in [0.15, 0.2) is 48.5 Å². The Morgan fingerprint density at radius 1 is 1.16 bits per heavy atom. The second-order valence-corrected chi connectivity index (χ2v) is 5.91. The van der Waals surface area contributed by atoms with Crippen molar-refractivity contribution < 1.29 is 9.53 Å². The number of ether oxygens (including phenoxy) is 1. The number of rotatable bonds is 4. The van der Waals surface area contributed by atoms with Crippen LogP contribution in [0.5, 0.6) is 0 Å². The first-order chi connectivity index (χ1) is 12.3. The third kappa shape index (κ3) is 5.10. The Labute approximate surface area is 148 Å². The predicted molar refractivity (Wildman–Crippen MR) is 98.0 cm³/mol. The summed E-state index contributed by atoms with van der Waals surface area (Å²) in [5.41, 5.74) is 4.76. The Bertz CT molecular complexity index is 775. The van der Waals surface area contributed by atoms with E-state index in [9.17, 15) is 4.79 Å². The highest BCUT2D eigenvalue weighted by molar-refractivity contribution is 5.67. The summed E-state index contributed by atoms with van der Waals surface area (Å²) in [7, 11) is 0. The lowest BCUT2D eigenvalue weighted by Gasteiger charge is -2.18. The summed E-state index contributed by atoms with van der Waals surface area (Å²) in [5, 5.41) is 6.10. The molecule has 0 spiro atoms. The van der Waals surface area contributed by atoms with Crippen LogP contribution in [0.3, 0.4) is 0 Å². The van der Waals surface area contributed by atoms with Gasteiger partial charge in [0.15, 0.2) is 0 Å². The number of amides is 1. The van der Waals surface area contributed by atoms with Crippen molar-refractivity contribution in [2.45, 2.75) is 26.0 Å². The molecule has 0 fully saturated rings. The largest absolute Gasteiger partial charge is 0.445 e. The zero-order chi connectivity index (χ0) is 17.3. The van der Waals surface area contributed by atoms with Crippen molar-refractivity contribution in [1.82, 2.24) is 10.6 Å². The summed E-state index contributed by atoms with van der Waals surface area (Å²) < 4.78 is 5.16. The number of hydrogen-bond donors (Lipinski definition) is 2. The third-order valence-electron chi connectivity index (χ3n) is 4.10. The van der Waals surface area contributed by atoms with Gasteiger partial charge in [0.1, 0.15) is 6.61 Å². The van der Waals surface area contributed by atoms with Crippen LogP contribution in [0, 0.1) is 11.8 Å². The minimum Gasteiger partial charge on any atom is -0.445 e. The lowest BCUT2D eigenvalue weighted by molar-refractivity contribution is 0.140. The molecular weight excluding hydrogens is 312 g/mol. The molecule has 0 saturated heterocycles. The molecule has 0 radical (unpaired) electrons. The van der Waals surface area contributed by atoms with Gasteiger partial charge in [-0.15, -0.1) is 0 Å². The van der Waals surface area contributed by atoms with Gasteiger partial charge in [-0.3, -0.25) is 0 Å². The second kappa shape index (κ2) is 8.91. The molecule has 1 aliphatic heterocycles. The molecule has 4 nitrogen and oxygen atoms in total. The number of alkyl carbamates (subject to hydrolysis) is 1. The highest BCUT2D eigenvalue weighted by atomic mass is 16.5. The van der Waals surface area contributed by atoms with Gasteiger partial charge in [0.2, 0.25) is 0 Å². The Balaban J connectivity index is 1.42. The molecule has 25 heavy (non-hydrogen) atoms. The van der Waals surface area contributed by atoms with Crippen LogP contribution in [0.1, 0.15) is 28.7 Å². The van der Waals surface area contributed by atoms with E-state index in [1.807, 2.05) is 30.3 Å². The third-order valence-corrected chi connectivity index (χ3v) is 4.10. The van der Waals surface area contributed by atoms with E-state index in [4.69, 9.17) is 4.74 Å². The molecule has 2 aromatic rings. The zero-order valence-electron chi connectivity index (χ0n) is 14.2. The summed E-state index contributed by atoms with van der Waals surface area (Å²) >= 11 is 0. The summed E-state index contributed by atoms with van der Waals surface area (Å²) in [6.07, 6.45) is 1.21. The van der Waals surface area contributed by atoms with Crippen molar-refractivity contribution in [1.29, 1.82) is 0 Å². The summed E-state index contributed by atoms with van der Waals surface area (Å²) in [4.78, 5) is 11.7. The minimum absolute atomic E-state index is 0.280. The molecule has 1 amide bonds. The van der Waals surface area contributed by atoms with Crippen molar-refractivity contribution in [3.63, 3.8) is 0 Å². The van der Waals surface area contributed by atoms with Crippen LogP contribution < -0.4 is 10.6 Å². The first-order valence-electron chi connectivity index (χ1n) is 8.58. The Kier molecular flexibility index (Phi) is 6.08. The lowest BCUT2D eigenvalue weighted by Crippen LogP contribution is -2.25. The number of carbonyl (C=O) groups excluding carboxylic acids is 1. The van der Waals surface area contributed by atoms with Crippen LogP contribution in [0.2, 0.25) is 0 Å². The maximum absolute atomic E-state index is 11.7. The van der Waals surface area contributed by atoms with Crippen LogP contribution in [-0.2, 0) is 24.3 Å². The molecule has 128 valence electrons. The van der Waals surface area contributed by atoms with E-state index in [1.165, 1.54) is 11.1 Å². The number of benzene rings is 2. The topological polar surface area (TPSA) is 50.4 Å². The molecular formula is C21H22N2O2. The van der Waals surface area contributed by atoms with E-state index in [1.54, 1.807) is 0 Å². The Morgan fingerprint density at radius 3 is 2.92 bits per heavy atom. The molecule has 0 saturated carbocycles. The standard InChI is InChI=1S/C21H22N2O2/c24-21(25-16-17-7-2-1-3-8-17)23-13-5-4-9-18-10-6-11-19-15-22-14-12-20(18)19/h1-3,6-8,10-11,22H,5,12-16H2,(H,23,24). The minimum atomic E-state index is -0.409. The maximum Gasteiger partial charge on any atom is 0.407 e. The van der Waals surface area contributed by atoms with E-state index in [0.717, 1.165) is 30.6 Å². The predicted octanol–water partition coefficient (Wildman–Crippen LogP) is 3.00. The van der Waals surface area contributed by atoms with Gasteiger partial charge >= 0.3 is 6.09 Å². The fourth-order valence-electron chi connectivity index (χ4n) is 2.81. The molecule has 0 unspecified atom stereocenters. The first-order valence-corrected chi connectivity index (χ1v) is 8.58. The van der Waals surface area contributed by atoms with Gasteiger partial charge < -0.3 is 15.4 Å². The summed E-state index contributed by atoms with van der Waals surface area (Å²) in [5.74, 6) is 6.37. The Hall–Kier alpha value is -2.77. The van der Waals surface area contributed by atoms with E-state index >= 15 is 0 Å². The average molecular weight is 334 g/mol. The molecule has 0 aliphatic carbocycles. The first kappa shape index (κ1) is 17.1. The van der Waals surface area contributed by atoms with Gasteiger partial charge in [0.05, 0.1) is 0 Å². The summed E-state index contributed by atoms with van der Waals surface area (Å²) in [6, 6.07) is 15.9. The molecule has 0 aromatic heterocycles. The van der Waals surface area contributed by atoms with Crippen LogP contribution in [0.25, 0.3) is 0 Å². The van der Waals surface area contributed by atoms with Gasteiger partial charge in [-0.1, -0.05) is 54.3 Å². The monoisotopic (exact) mass is 334 g/mol.